The minimum atomic E-state index is 0.0652. The number of nitrogens with zero attached hydrogens (tertiary/aromatic N) is 2. The van der Waals surface area contributed by atoms with Crippen LogP contribution in [0.5, 0.6) is 0 Å². The third-order valence-electron chi connectivity index (χ3n) is 2.40. The van der Waals surface area contributed by atoms with E-state index >= 15 is 0 Å². The summed E-state index contributed by atoms with van der Waals surface area (Å²) in [6.07, 6.45) is 4.39. The quantitative estimate of drug-likeness (QED) is 0.730. The number of halogens is 1. The van der Waals surface area contributed by atoms with Crippen molar-refractivity contribution in [3.63, 3.8) is 0 Å². The lowest BCUT2D eigenvalue weighted by Gasteiger charge is -2.15. The van der Waals surface area contributed by atoms with Gasteiger partial charge in [0.2, 0.25) is 0 Å². The van der Waals surface area contributed by atoms with Crippen LogP contribution in [-0.4, -0.2) is 15.0 Å². The van der Waals surface area contributed by atoms with Gasteiger partial charge in [0, 0.05) is 24.1 Å². The Morgan fingerprint density at radius 1 is 1.53 bits per heavy atom. The van der Waals surface area contributed by atoms with Gasteiger partial charge in [0.05, 0.1) is 6.04 Å². The Hall–Kier alpha value is -1.75. The van der Waals surface area contributed by atoms with Gasteiger partial charge in [0.15, 0.2) is 0 Å². The van der Waals surface area contributed by atoms with Crippen LogP contribution >= 0.6 is 11.6 Å². The lowest BCUT2D eigenvalue weighted by molar-refractivity contribution is 0.700. The minimum absolute atomic E-state index is 0.0652. The topological polar surface area (TPSA) is 79.6 Å². The minimum Gasteiger partial charge on any atom is -0.399 e. The van der Waals surface area contributed by atoms with Crippen molar-refractivity contribution in [2.45, 2.75) is 19.4 Å². The maximum atomic E-state index is 5.85. The van der Waals surface area contributed by atoms with Gasteiger partial charge in [0.25, 0.3) is 0 Å². The number of H-pyrrole nitrogens is 1. The molecule has 5 nitrogen and oxygen atoms in total. The lowest BCUT2D eigenvalue weighted by atomic mass is 10.2. The van der Waals surface area contributed by atoms with Gasteiger partial charge in [-0.3, -0.25) is 0 Å². The van der Waals surface area contributed by atoms with Crippen LogP contribution in [-0.2, 0) is 0 Å². The van der Waals surface area contributed by atoms with Gasteiger partial charge in [-0.15, -0.1) is 0 Å². The van der Waals surface area contributed by atoms with E-state index in [0.29, 0.717) is 16.7 Å². The third-order valence-corrected chi connectivity index (χ3v) is 2.59. The molecule has 2 rings (SSSR count). The molecule has 1 unspecified atom stereocenters. The summed E-state index contributed by atoms with van der Waals surface area (Å²) in [6, 6.07) is 3.42. The zero-order valence-corrected chi connectivity index (χ0v) is 10.2. The van der Waals surface area contributed by atoms with E-state index in [1.54, 1.807) is 24.5 Å². The normalized spacial score (nSPS) is 12.4. The van der Waals surface area contributed by atoms with Crippen molar-refractivity contribution in [3.8, 4) is 0 Å². The van der Waals surface area contributed by atoms with Crippen LogP contribution in [0.25, 0.3) is 0 Å². The molecule has 0 aliphatic heterocycles. The molecular formula is C11H14ClN5. The molecule has 6 heteroatoms. The number of nitrogens with one attached hydrogen (secondary N) is 2. The molecule has 0 saturated carbocycles. The number of aromatic nitrogens is 3. The molecular weight excluding hydrogens is 238 g/mol. The highest BCUT2D eigenvalue weighted by Gasteiger charge is 2.12. The first-order chi connectivity index (χ1) is 8.19. The first-order valence-electron chi connectivity index (χ1n) is 5.38. The second-order valence-corrected chi connectivity index (χ2v) is 4.08. The molecule has 4 N–H and O–H groups in total. The second kappa shape index (κ2) is 5.05. The molecule has 0 aliphatic carbocycles. The predicted octanol–water partition coefficient (Wildman–Crippen LogP) is 2.60. The zero-order valence-electron chi connectivity index (χ0n) is 9.44. The van der Waals surface area contributed by atoms with Gasteiger partial charge in [-0.25, -0.2) is 9.97 Å². The highest BCUT2D eigenvalue weighted by molar-refractivity contribution is 6.29. The molecule has 0 saturated heterocycles. The van der Waals surface area contributed by atoms with Gasteiger partial charge in [-0.05, 0) is 12.5 Å². The van der Waals surface area contributed by atoms with Crippen LogP contribution in [0.4, 0.5) is 11.5 Å². The molecule has 0 radical (unpaired) electrons. The number of nitrogen functional groups attached to an aromatic ring is 1. The van der Waals surface area contributed by atoms with Crippen molar-refractivity contribution in [1.29, 1.82) is 0 Å². The highest BCUT2D eigenvalue weighted by atomic mass is 35.5. The van der Waals surface area contributed by atoms with E-state index in [0.717, 1.165) is 12.2 Å². The van der Waals surface area contributed by atoms with Crippen LogP contribution in [0.15, 0.2) is 24.5 Å². The van der Waals surface area contributed by atoms with E-state index in [2.05, 4.69) is 27.2 Å². The number of nitrogens with two attached hydrogens (primary N) is 1. The van der Waals surface area contributed by atoms with E-state index in [1.165, 1.54) is 0 Å². The first-order valence-corrected chi connectivity index (χ1v) is 5.75. The maximum absolute atomic E-state index is 5.85. The van der Waals surface area contributed by atoms with Crippen molar-refractivity contribution in [3.05, 3.63) is 35.5 Å². The lowest BCUT2D eigenvalue weighted by Crippen LogP contribution is -2.12. The summed E-state index contributed by atoms with van der Waals surface area (Å²) in [5, 5.41) is 3.62. The number of hydrogen-bond acceptors (Lipinski definition) is 4. The summed E-state index contributed by atoms with van der Waals surface area (Å²) in [6.45, 7) is 2.06. The van der Waals surface area contributed by atoms with Gasteiger partial charge >= 0.3 is 0 Å². The zero-order chi connectivity index (χ0) is 12.3. The van der Waals surface area contributed by atoms with Crippen molar-refractivity contribution in [2.75, 3.05) is 11.1 Å². The highest BCUT2D eigenvalue weighted by Crippen LogP contribution is 2.21. The van der Waals surface area contributed by atoms with Crippen LogP contribution < -0.4 is 11.1 Å². The number of hydrogen-bond donors (Lipinski definition) is 3. The molecule has 0 spiro atoms. The maximum Gasteiger partial charge on any atom is 0.133 e. The van der Waals surface area contributed by atoms with E-state index in [-0.39, 0.29) is 6.04 Å². The van der Waals surface area contributed by atoms with Crippen molar-refractivity contribution >= 4 is 23.1 Å². The van der Waals surface area contributed by atoms with Gasteiger partial charge in [-0.1, -0.05) is 18.5 Å². The average molecular weight is 252 g/mol. The summed E-state index contributed by atoms with van der Waals surface area (Å²) < 4.78 is 0. The van der Waals surface area contributed by atoms with Crippen LogP contribution in [0.1, 0.15) is 25.2 Å². The van der Waals surface area contributed by atoms with Crippen LogP contribution in [0.2, 0.25) is 5.15 Å². The fraction of sp³-hybridized carbons (Fsp3) is 0.273. The standard InChI is InChI=1S/C11H14ClN5/c1-2-8(11-14-3-4-15-11)16-10-6-7(13)5-9(12)17-10/h3-6,8H,2H2,1H3,(H,14,15)(H3,13,16,17). The van der Waals surface area contributed by atoms with E-state index in [4.69, 9.17) is 17.3 Å². The Morgan fingerprint density at radius 3 is 2.94 bits per heavy atom. The van der Waals surface area contributed by atoms with E-state index in [9.17, 15) is 0 Å². The van der Waals surface area contributed by atoms with Gasteiger partial charge < -0.3 is 16.0 Å². The molecule has 2 aromatic rings. The SMILES string of the molecule is CCC(Nc1cc(N)cc(Cl)n1)c1ncc[nH]1. The molecule has 0 fully saturated rings. The Balaban J connectivity index is 2.18. The van der Waals surface area contributed by atoms with Crippen LogP contribution in [0, 0.1) is 0 Å². The second-order valence-electron chi connectivity index (χ2n) is 3.69. The first kappa shape index (κ1) is 11.7. The average Bonchev–Trinajstić information content (AvgIpc) is 2.77. The van der Waals surface area contributed by atoms with Crippen LogP contribution in [0.3, 0.4) is 0 Å². The summed E-state index contributed by atoms with van der Waals surface area (Å²) in [5.41, 5.74) is 6.29. The number of pyridine rings is 1. The van der Waals surface area contributed by atoms with Crippen molar-refractivity contribution in [1.82, 2.24) is 15.0 Å². The predicted molar refractivity (Wildman–Crippen MR) is 68.9 cm³/mol. The molecule has 1 atom stereocenters. The number of anilines is 2. The molecule has 2 aromatic heterocycles. The number of aromatic amines is 1. The van der Waals surface area contributed by atoms with Crippen molar-refractivity contribution < 1.29 is 0 Å². The monoisotopic (exact) mass is 251 g/mol. The third kappa shape index (κ3) is 2.88. The number of imidazole rings is 1. The molecule has 0 bridgehead atoms. The Bertz CT molecular complexity index is 462. The van der Waals surface area contributed by atoms with E-state index in [1.807, 2.05) is 0 Å². The Labute approximate surface area is 104 Å². The molecule has 2 heterocycles. The summed E-state index contributed by atoms with van der Waals surface area (Å²) in [7, 11) is 0. The Kier molecular flexibility index (Phi) is 3.49. The molecule has 0 amide bonds. The molecule has 0 aliphatic rings. The molecule has 0 aromatic carbocycles. The molecule has 90 valence electrons. The Morgan fingerprint density at radius 2 is 2.35 bits per heavy atom. The van der Waals surface area contributed by atoms with Gasteiger partial charge in [-0.2, -0.15) is 0 Å². The summed E-state index contributed by atoms with van der Waals surface area (Å²) in [5.74, 6) is 1.52. The largest absolute Gasteiger partial charge is 0.399 e. The number of rotatable bonds is 4. The van der Waals surface area contributed by atoms with Gasteiger partial charge in [0.1, 0.15) is 16.8 Å². The molecule has 17 heavy (non-hydrogen) atoms. The fourth-order valence-corrected chi connectivity index (χ4v) is 1.82. The smallest absolute Gasteiger partial charge is 0.133 e. The van der Waals surface area contributed by atoms with E-state index < -0.39 is 0 Å². The summed E-state index contributed by atoms with van der Waals surface area (Å²) in [4.78, 5) is 11.5. The fourth-order valence-electron chi connectivity index (χ4n) is 1.60. The van der Waals surface area contributed by atoms with Crippen molar-refractivity contribution in [2.24, 2.45) is 0 Å². The summed E-state index contributed by atoms with van der Waals surface area (Å²) >= 11 is 5.85.